The topological polar surface area (TPSA) is 29.5 Å². The van der Waals surface area contributed by atoms with Crippen molar-refractivity contribution >= 4 is 0 Å². The van der Waals surface area contributed by atoms with Crippen LogP contribution in [0.2, 0.25) is 0 Å². The van der Waals surface area contributed by atoms with Crippen LogP contribution in [0, 0.1) is 0 Å². The Hall–Kier alpha value is -0.340. The fraction of sp³-hybridized carbons (Fsp3) is 0.778. The average molecular weight is 158 g/mol. The molecular weight excluding hydrogens is 140 g/mol. The predicted octanol–water partition coefficient (Wildman–Crippen LogP) is 1.74. The zero-order valence-electron chi connectivity index (χ0n) is 7.85. The van der Waals surface area contributed by atoms with E-state index in [0.717, 1.165) is 12.2 Å². The Morgan fingerprint density at radius 3 is 2.45 bits per heavy atom. The normalized spacial score (nSPS) is 13.7. The van der Waals surface area contributed by atoms with Crippen LogP contribution in [0.4, 0.5) is 0 Å². The molecule has 0 aromatic carbocycles. The molecule has 2 nitrogen and oxygen atoms in total. The van der Waals surface area contributed by atoms with Gasteiger partial charge in [-0.15, -0.1) is 0 Å². The molecule has 11 heavy (non-hydrogen) atoms. The van der Waals surface area contributed by atoms with Crippen LogP contribution >= 0.6 is 0 Å². The fourth-order valence-electron chi connectivity index (χ4n) is 0.908. The predicted molar refractivity (Wildman–Crippen MR) is 46.5 cm³/mol. The standard InChI is InChI=1S/C9H18O2/c1-5-11-7-8(2)6-9(3,4)10/h6,10H,5,7H2,1-4H3/b8-6-. The molecule has 0 aliphatic heterocycles. The number of hydrogen-bond acceptors (Lipinski definition) is 2. The molecule has 0 aromatic rings. The quantitative estimate of drug-likeness (QED) is 0.631. The molecule has 0 heterocycles. The second kappa shape index (κ2) is 4.52. The minimum Gasteiger partial charge on any atom is -0.386 e. The van der Waals surface area contributed by atoms with Crippen molar-refractivity contribution in [3.8, 4) is 0 Å². The molecule has 0 aromatic heterocycles. The van der Waals surface area contributed by atoms with Crippen molar-refractivity contribution < 1.29 is 9.84 Å². The van der Waals surface area contributed by atoms with Gasteiger partial charge in [-0.05, 0) is 33.3 Å². The maximum atomic E-state index is 9.36. The summed E-state index contributed by atoms with van der Waals surface area (Å²) in [5.41, 5.74) is 0.348. The number of hydrogen-bond donors (Lipinski definition) is 1. The Morgan fingerprint density at radius 1 is 1.55 bits per heavy atom. The van der Waals surface area contributed by atoms with Gasteiger partial charge in [0.2, 0.25) is 0 Å². The maximum Gasteiger partial charge on any atom is 0.0774 e. The fourth-order valence-corrected chi connectivity index (χ4v) is 0.908. The highest BCUT2D eigenvalue weighted by atomic mass is 16.5. The van der Waals surface area contributed by atoms with Gasteiger partial charge in [0, 0.05) is 6.61 Å². The van der Waals surface area contributed by atoms with Gasteiger partial charge in [-0.1, -0.05) is 6.08 Å². The lowest BCUT2D eigenvalue weighted by Gasteiger charge is -2.13. The molecule has 0 spiro atoms. The minimum atomic E-state index is -0.721. The van der Waals surface area contributed by atoms with Crippen molar-refractivity contribution in [2.24, 2.45) is 0 Å². The SMILES string of the molecule is CCOC/C(C)=C\C(C)(C)O. The monoisotopic (exact) mass is 158 g/mol. The highest BCUT2D eigenvalue weighted by molar-refractivity contribution is 5.06. The van der Waals surface area contributed by atoms with E-state index in [2.05, 4.69) is 0 Å². The van der Waals surface area contributed by atoms with E-state index < -0.39 is 5.60 Å². The van der Waals surface area contributed by atoms with Gasteiger partial charge in [0.25, 0.3) is 0 Å². The molecule has 0 aliphatic rings. The first-order valence-corrected chi connectivity index (χ1v) is 3.94. The van der Waals surface area contributed by atoms with Gasteiger partial charge in [0.1, 0.15) is 0 Å². The highest BCUT2D eigenvalue weighted by Crippen LogP contribution is 2.07. The van der Waals surface area contributed by atoms with Crippen LogP contribution < -0.4 is 0 Å². The lowest BCUT2D eigenvalue weighted by Crippen LogP contribution is -2.15. The molecule has 0 saturated heterocycles. The summed E-state index contributed by atoms with van der Waals surface area (Å²) in [6.45, 7) is 8.74. The Morgan fingerprint density at radius 2 is 2.09 bits per heavy atom. The van der Waals surface area contributed by atoms with Gasteiger partial charge in [0.05, 0.1) is 12.2 Å². The second-order valence-electron chi connectivity index (χ2n) is 3.28. The van der Waals surface area contributed by atoms with Crippen molar-refractivity contribution in [3.63, 3.8) is 0 Å². The molecule has 0 fully saturated rings. The Labute approximate surface area is 68.9 Å². The van der Waals surface area contributed by atoms with E-state index in [1.807, 2.05) is 19.9 Å². The summed E-state index contributed by atoms with van der Waals surface area (Å²) in [6.07, 6.45) is 1.81. The van der Waals surface area contributed by atoms with Crippen LogP contribution in [0.25, 0.3) is 0 Å². The summed E-state index contributed by atoms with van der Waals surface area (Å²) >= 11 is 0. The van der Waals surface area contributed by atoms with E-state index in [1.54, 1.807) is 13.8 Å². The van der Waals surface area contributed by atoms with Crippen LogP contribution in [0.5, 0.6) is 0 Å². The molecule has 0 rings (SSSR count). The van der Waals surface area contributed by atoms with Crippen molar-refractivity contribution in [1.82, 2.24) is 0 Å². The van der Waals surface area contributed by atoms with Crippen LogP contribution in [-0.4, -0.2) is 23.9 Å². The largest absolute Gasteiger partial charge is 0.386 e. The summed E-state index contributed by atoms with van der Waals surface area (Å²) in [5.74, 6) is 0. The third-order valence-electron chi connectivity index (χ3n) is 1.13. The zero-order chi connectivity index (χ0) is 8.91. The van der Waals surface area contributed by atoms with Crippen LogP contribution in [0.15, 0.2) is 11.6 Å². The van der Waals surface area contributed by atoms with E-state index in [4.69, 9.17) is 4.74 Å². The molecule has 1 N–H and O–H groups in total. The van der Waals surface area contributed by atoms with Crippen molar-refractivity contribution in [2.75, 3.05) is 13.2 Å². The molecular formula is C9H18O2. The summed E-state index contributed by atoms with van der Waals surface area (Å²) in [5, 5.41) is 9.36. The van der Waals surface area contributed by atoms with Crippen molar-refractivity contribution in [2.45, 2.75) is 33.3 Å². The molecule has 0 radical (unpaired) electrons. The Kier molecular flexibility index (Phi) is 4.38. The molecule has 0 unspecified atom stereocenters. The first-order chi connectivity index (χ1) is 4.95. The van der Waals surface area contributed by atoms with Gasteiger partial charge in [-0.3, -0.25) is 0 Å². The van der Waals surface area contributed by atoms with Crippen molar-refractivity contribution in [3.05, 3.63) is 11.6 Å². The van der Waals surface area contributed by atoms with E-state index >= 15 is 0 Å². The molecule has 0 amide bonds. The Bertz CT molecular complexity index is 131. The summed E-state index contributed by atoms with van der Waals surface area (Å²) in [7, 11) is 0. The molecule has 0 bridgehead atoms. The summed E-state index contributed by atoms with van der Waals surface area (Å²) in [6, 6.07) is 0. The van der Waals surface area contributed by atoms with Gasteiger partial charge in [-0.2, -0.15) is 0 Å². The molecule has 2 heteroatoms. The lowest BCUT2D eigenvalue weighted by molar-refractivity contribution is 0.127. The number of aliphatic hydroxyl groups is 1. The van der Waals surface area contributed by atoms with Crippen LogP contribution in [0.3, 0.4) is 0 Å². The third kappa shape index (κ3) is 7.56. The molecule has 66 valence electrons. The van der Waals surface area contributed by atoms with Gasteiger partial charge in [0.15, 0.2) is 0 Å². The average Bonchev–Trinajstić information content (AvgIpc) is 1.79. The number of ether oxygens (including phenoxy) is 1. The summed E-state index contributed by atoms with van der Waals surface area (Å²) < 4.78 is 5.16. The highest BCUT2D eigenvalue weighted by Gasteiger charge is 2.07. The first kappa shape index (κ1) is 10.7. The van der Waals surface area contributed by atoms with E-state index in [0.29, 0.717) is 6.61 Å². The zero-order valence-corrected chi connectivity index (χ0v) is 7.85. The van der Waals surface area contributed by atoms with Crippen LogP contribution in [-0.2, 0) is 4.74 Å². The molecule has 0 aliphatic carbocycles. The van der Waals surface area contributed by atoms with Gasteiger partial charge < -0.3 is 9.84 Å². The lowest BCUT2D eigenvalue weighted by atomic mass is 10.1. The van der Waals surface area contributed by atoms with E-state index in [9.17, 15) is 5.11 Å². The Balaban J connectivity index is 3.81. The maximum absolute atomic E-state index is 9.36. The first-order valence-electron chi connectivity index (χ1n) is 3.94. The minimum absolute atomic E-state index is 0.612. The third-order valence-corrected chi connectivity index (χ3v) is 1.13. The number of rotatable bonds is 4. The summed E-state index contributed by atoms with van der Waals surface area (Å²) in [4.78, 5) is 0. The van der Waals surface area contributed by atoms with Gasteiger partial charge >= 0.3 is 0 Å². The van der Waals surface area contributed by atoms with E-state index in [1.165, 1.54) is 0 Å². The van der Waals surface area contributed by atoms with E-state index in [-0.39, 0.29) is 0 Å². The van der Waals surface area contributed by atoms with Gasteiger partial charge in [-0.25, -0.2) is 0 Å². The molecule has 0 atom stereocenters. The second-order valence-corrected chi connectivity index (χ2v) is 3.28. The molecule has 0 saturated carbocycles. The van der Waals surface area contributed by atoms with Crippen molar-refractivity contribution in [1.29, 1.82) is 0 Å². The van der Waals surface area contributed by atoms with Crippen LogP contribution in [0.1, 0.15) is 27.7 Å². The smallest absolute Gasteiger partial charge is 0.0774 e.